The Morgan fingerprint density at radius 3 is 2.49 bits per heavy atom. The van der Waals surface area contributed by atoms with E-state index in [2.05, 4.69) is 6.92 Å². The van der Waals surface area contributed by atoms with Crippen LogP contribution in [-0.2, 0) is 33.4 Å². The predicted octanol–water partition coefficient (Wildman–Crippen LogP) is 4.58. The molecular weight excluding hydrogens is 476 g/mol. The van der Waals surface area contributed by atoms with E-state index in [4.69, 9.17) is 18.6 Å². The van der Waals surface area contributed by atoms with Crippen molar-refractivity contribution in [1.82, 2.24) is 0 Å². The van der Waals surface area contributed by atoms with Crippen molar-refractivity contribution in [1.29, 1.82) is 0 Å². The summed E-state index contributed by atoms with van der Waals surface area (Å²) in [6, 6.07) is 1.83. The summed E-state index contributed by atoms with van der Waals surface area (Å²) in [4.78, 5) is 52.0. The molecule has 200 valence electrons. The van der Waals surface area contributed by atoms with Crippen LogP contribution in [0.5, 0.6) is 0 Å². The fourth-order valence-corrected chi connectivity index (χ4v) is 8.33. The average molecular weight is 513 g/mol. The Morgan fingerprint density at radius 2 is 1.86 bits per heavy atom. The zero-order valence-electron chi connectivity index (χ0n) is 22.4. The number of ketones is 1. The van der Waals surface area contributed by atoms with E-state index < -0.39 is 52.2 Å². The molecule has 1 aliphatic heterocycles. The highest BCUT2D eigenvalue weighted by Crippen LogP contribution is 2.68. The molecule has 3 fully saturated rings. The average Bonchev–Trinajstić information content (AvgIpc) is 3.36. The first kappa shape index (κ1) is 25.7. The molecule has 8 atom stereocenters. The molecule has 0 unspecified atom stereocenters. The quantitative estimate of drug-likeness (QED) is 0.328. The maximum atomic E-state index is 14.2. The number of furan rings is 1. The summed E-state index contributed by atoms with van der Waals surface area (Å²) < 4.78 is 22.1. The van der Waals surface area contributed by atoms with Gasteiger partial charge in [-0.1, -0.05) is 39.3 Å². The van der Waals surface area contributed by atoms with E-state index in [0.717, 1.165) is 17.6 Å². The molecule has 37 heavy (non-hydrogen) atoms. The summed E-state index contributed by atoms with van der Waals surface area (Å²) in [6.45, 7) is 9.41. The standard InChI is InChI=1S/C29H36O8/c1-15(30)36-26-18-11-17-19(29(5,24(18)33)21(27(26,2)3)13-22(31)34-6)7-9-28(4)20(17)12-23(32)37-25(28)16-8-10-35-14-16/h8,10-11,14,18-21,25-26H,7,9,12-13H2,1-6H3/t18-,19+,20+,21+,25+,26-,28-,29-/m1/s1. The summed E-state index contributed by atoms with van der Waals surface area (Å²) in [5.41, 5.74) is -0.0680. The number of carbonyl (C=O) groups excluding carboxylic acids is 4. The highest BCUT2D eigenvalue weighted by Gasteiger charge is 2.68. The van der Waals surface area contributed by atoms with Crippen molar-refractivity contribution in [2.75, 3.05) is 7.11 Å². The zero-order valence-corrected chi connectivity index (χ0v) is 22.4. The molecule has 4 aliphatic rings. The summed E-state index contributed by atoms with van der Waals surface area (Å²) >= 11 is 0. The maximum absolute atomic E-state index is 14.2. The van der Waals surface area contributed by atoms with Crippen molar-refractivity contribution in [3.63, 3.8) is 0 Å². The predicted molar refractivity (Wildman–Crippen MR) is 131 cm³/mol. The van der Waals surface area contributed by atoms with Crippen LogP contribution in [-0.4, -0.2) is 36.9 Å². The second-order valence-corrected chi connectivity index (χ2v) is 12.3. The molecule has 1 aromatic rings. The second kappa shape index (κ2) is 8.57. The van der Waals surface area contributed by atoms with Gasteiger partial charge in [0.25, 0.3) is 0 Å². The van der Waals surface area contributed by atoms with Crippen LogP contribution in [0.1, 0.15) is 72.0 Å². The third-order valence-electron chi connectivity index (χ3n) is 10.1. The van der Waals surface area contributed by atoms with Gasteiger partial charge in [0, 0.05) is 35.2 Å². The number of carbonyl (C=O) groups is 4. The van der Waals surface area contributed by atoms with Gasteiger partial charge < -0.3 is 18.6 Å². The third-order valence-corrected chi connectivity index (χ3v) is 10.1. The Balaban J connectivity index is 1.66. The van der Waals surface area contributed by atoms with Crippen molar-refractivity contribution < 1.29 is 37.8 Å². The highest BCUT2D eigenvalue weighted by atomic mass is 16.6. The van der Waals surface area contributed by atoms with E-state index in [9.17, 15) is 19.2 Å². The minimum atomic E-state index is -0.878. The smallest absolute Gasteiger partial charge is 0.307 e. The van der Waals surface area contributed by atoms with Crippen LogP contribution in [0.15, 0.2) is 34.7 Å². The molecule has 3 aliphatic carbocycles. The lowest BCUT2D eigenvalue weighted by molar-refractivity contribution is -0.196. The van der Waals surface area contributed by atoms with E-state index in [1.165, 1.54) is 14.0 Å². The molecule has 0 amide bonds. The largest absolute Gasteiger partial charge is 0.472 e. The minimum absolute atomic E-state index is 0.00546. The van der Waals surface area contributed by atoms with Gasteiger partial charge in [-0.05, 0) is 36.7 Å². The lowest BCUT2D eigenvalue weighted by atomic mass is 9.40. The number of ether oxygens (including phenoxy) is 3. The topological polar surface area (TPSA) is 109 Å². The van der Waals surface area contributed by atoms with Crippen molar-refractivity contribution in [3.05, 3.63) is 35.8 Å². The number of hydrogen-bond donors (Lipinski definition) is 0. The van der Waals surface area contributed by atoms with Gasteiger partial charge in [0.1, 0.15) is 18.0 Å². The molecule has 1 aromatic heterocycles. The highest BCUT2D eigenvalue weighted by molar-refractivity contribution is 5.93. The fourth-order valence-electron chi connectivity index (χ4n) is 8.33. The number of methoxy groups -OCH3 is 1. The second-order valence-electron chi connectivity index (χ2n) is 12.3. The number of fused-ring (bicyclic) bond motifs is 6. The molecular formula is C29H36O8. The van der Waals surface area contributed by atoms with Crippen LogP contribution in [0.2, 0.25) is 0 Å². The van der Waals surface area contributed by atoms with Crippen molar-refractivity contribution >= 4 is 23.7 Å². The van der Waals surface area contributed by atoms with Gasteiger partial charge in [0.15, 0.2) is 0 Å². The minimum Gasteiger partial charge on any atom is -0.472 e. The summed E-state index contributed by atoms with van der Waals surface area (Å²) in [5, 5.41) is 0. The number of cyclic esters (lactones) is 1. The molecule has 0 radical (unpaired) electrons. The molecule has 0 N–H and O–H groups in total. The van der Waals surface area contributed by atoms with Crippen LogP contribution in [0.3, 0.4) is 0 Å². The van der Waals surface area contributed by atoms with Gasteiger partial charge in [-0.2, -0.15) is 0 Å². The molecule has 0 spiro atoms. The summed E-state index contributed by atoms with van der Waals surface area (Å²) in [7, 11) is 1.34. The first-order chi connectivity index (χ1) is 17.4. The Hall–Kier alpha value is -2.90. The Morgan fingerprint density at radius 1 is 1.14 bits per heavy atom. The van der Waals surface area contributed by atoms with Gasteiger partial charge in [0.05, 0.1) is 32.0 Å². The van der Waals surface area contributed by atoms with Crippen LogP contribution in [0.25, 0.3) is 0 Å². The van der Waals surface area contributed by atoms with Gasteiger partial charge in [0.2, 0.25) is 0 Å². The molecule has 2 bridgehead atoms. The lowest BCUT2D eigenvalue weighted by Crippen LogP contribution is -2.66. The number of Topliss-reactive ketones (excluding diaryl/α,β-unsaturated/α-hetero) is 1. The van der Waals surface area contributed by atoms with Gasteiger partial charge in [-0.15, -0.1) is 0 Å². The molecule has 0 aromatic carbocycles. The SMILES string of the molecule is COC(=O)C[C@H]1C(C)(C)[C@H](OC(C)=O)[C@@H]2C=C3[C@@H]4CC(=O)O[C@@H](c5ccoc5)[C@]4(C)CC[C@@H]3[C@@]1(C)C2=O. The Labute approximate surface area is 217 Å². The van der Waals surface area contributed by atoms with Gasteiger partial charge >= 0.3 is 17.9 Å². The summed E-state index contributed by atoms with van der Waals surface area (Å²) in [6.07, 6.45) is 5.72. The van der Waals surface area contributed by atoms with E-state index in [1.807, 2.05) is 32.9 Å². The first-order valence-corrected chi connectivity index (χ1v) is 13.1. The van der Waals surface area contributed by atoms with E-state index in [1.54, 1.807) is 12.5 Å². The fraction of sp³-hybridized carbons (Fsp3) is 0.655. The molecule has 2 saturated carbocycles. The Kier molecular flexibility index (Phi) is 5.96. The molecule has 8 nitrogen and oxygen atoms in total. The maximum Gasteiger partial charge on any atom is 0.307 e. The van der Waals surface area contributed by atoms with Gasteiger partial charge in [-0.3, -0.25) is 19.2 Å². The molecule has 8 heteroatoms. The van der Waals surface area contributed by atoms with Crippen LogP contribution < -0.4 is 0 Å². The van der Waals surface area contributed by atoms with E-state index >= 15 is 0 Å². The third kappa shape index (κ3) is 3.62. The van der Waals surface area contributed by atoms with Crippen LogP contribution in [0, 0.1) is 39.9 Å². The molecule has 1 saturated heterocycles. The van der Waals surface area contributed by atoms with Crippen molar-refractivity contribution in [2.45, 2.75) is 72.5 Å². The van der Waals surface area contributed by atoms with Gasteiger partial charge in [-0.25, -0.2) is 0 Å². The lowest BCUT2D eigenvalue weighted by Gasteiger charge is -2.63. The van der Waals surface area contributed by atoms with Crippen LogP contribution in [0.4, 0.5) is 0 Å². The normalized spacial score (nSPS) is 40.0. The monoisotopic (exact) mass is 512 g/mol. The number of esters is 3. The number of allylic oxidation sites excluding steroid dienone is 1. The number of rotatable bonds is 4. The van der Waals surface area contributed by atoms with E-state index in [0.29, 0.717) is 6.42 Å². The number of hydrogen-bond acceptors (Lipinski definition) is 8. The molecule has 5 rings (SSSR count). The summed E-state index contributed by atoms with van der Waals surface area (Å²) in [5.74, 6) is -2.53. The first-order valence-electron chi connectivity index (χ1n) is 13.1. The van der Waals surface area contributed by atoms with Crippen LogP contribution >= 0.6 is 0 Å². The Bertz CT molecular complexity index is 1160. The zero-order chi connectivity index (χ0) is 26.9. The van der Waals surface area contributed by atoms with E-state index in [-0.39, 0.29) is 36.4 Å². The molecule has 2 heterocycles. The van der Waals surface area contributed by atoms with Crippen molar-refractivity contribution in [3.8, 4) is 0 Å². The van der Waals surface area contributed by atoms with Crippen molar-refractivity contribution in [2.24, 2.45) is 39.9 Å².